The molecular weight excluding hydrogens is 364 g/mol. The Balaban J connectivity index is 1.65. The molecule has 1 aromatic heterocycles. The summed E-state index contributed by atoms with van der Waals surface area (Å²) in [5, 5.41) is 12.7. The van der Waals surface area contributed by atoms with Gasteiger partial charge in [0.2, 0.25) is 0 Å². The van der Waals surface area contributed by atoms with Crippen LogP contribution >= 0.6 is 11.6 Å². The van der Waals surface area contributed by atoms with E-state index in [2.05, 4.69) is 5.32 Å². The third-order valence-electron chi connectivity index (χ3n) is 4.62. The van der Waals surface area contributed by atoms with Crippen LogP contribution in [0.15, 0.2) is 66.4 Å². The van der Waals surface area contributed by atoms with Crippen molar-refractivity contribution in [3.63, 3.8) is 0 Å². The molecule has 1 aromatic carbocycles. The smallest absolute Gasteiger partial charge is 0.310 e. The van der Waals surface area contributed by atoms with Crippen molar-refractivity contribution in [1.29, 1.82) is 0 Å². The van der Waals surface area contributed by atoms with Gasteiger partial charge in [-0.15, -0.1) is 0 Å². The minimum atomic E-state index is -0.835. The van der Waals surface area contributed by atoms with Gasteiger partial charge in [0.15, 0.2) is 0 Å². The number of aromatic nitrogens is 1. The molecule has 0 spiro atoms. The molecule has 2 N–H and O–H groups in total. The van der Waals surface area contributed by atoms with Crippen molar-refractivity contribution in [3.05, 3.63) is 82.7 Å². The van der Waals surface area contributed by atoms with Crippen molar-refractivity contribution in [2.75, 3.05) is 0 Å². The number of carboxylic acids is 1. The van der Waals surface area contributed by atoms with Crippen LogP contribution < -0.4 is 5.32 Å². The summed E-state index contributed by atoms with van der Waals surface area (Å²) >= 11 is 5.92. The third-order valence-corrected chi connectivity index (χ3v) is 4.87. The fourth-order valence-corrected chi connectivity index (χ4v) is 3.17. The Morgan fingerprint density at radius 1 is 1.30 bits per heavy atom. The highest BCUT2D eigenvalue weighted by Gasteiger charge is 2.20. The van der Waals surface area contributed by atoms with Gasteiger partial charge in [0.05, 0.1) is 12.0 Å². The lowest BCUT2D eigenvalue weighted by Crippen LogP contribution is -2.35. The number of nitrogens with one attached hydrogen (secondary N) is 1. The van der Waals surface area contributed by atoms with E-state index >= 15 is 0 Å². The molecule has 1 heterocycles. The second-order valence-corrected chi connectivity index (χ2v) is 7.02. The molecule has 6 heteroatoms. The highest BCUT2D eigenvalue weighted by molar-refractivity contribution is 6.30. The molecule has 0 saturated carbocycles. The number of nitrogens with zero attached hydrogens (tertiary/aromatic N) is 1. The molecule has 1 unspecified atom stereocenters. The van der Waals surface area contributed by atoms with E-state index in [9.17, 15) is 9.59 Å². The van der Waals surface area contributed by atoms with Crippen molar-refractivity contribution in [3.8, 4) is 0 Å². The average Bonchev–Trinajstić information content (AvgIpc) is 3.12. The zero-order chi connectivity index (χ0) is 19.4. The van der Waals surface area contributed by atoms with Gasteiger partial charge in [-0.1, -0.05) is 42.0 Å². The molecule has 0 aliphatic heterocycles. The van der Waals surface area contributed by atoms with E-state index in [1.165, 1.54) is 0 Å². The van der Waals surface area contributed by atoms with E-state index in [1.54, 1.807) is 18.2 Å². The number of carbonyl (C=O) groups excluding carboxylic acids is 1. The van der Waals surface area contributed by atoms with Crippen LogP contribution in [0, 0.1) is 5.92 Å². The first-order valence-electron chi connectivity index (χ1n) is 8.75. The van der Waals surface area contributed by atoms with Gasteiger partial charge < -0.3 is 15.0 Å². The van der Waals surface area contributed by atoms with Crippen molar-refractivity contribution < 1.29 is 14.7 Å². The molecule has 5 nitrogen and oxygen atoms in total. The fourth-order valence-electron chi connectivity index (χ4n) is 3.04. The SMILES string of the molecule is C[C@H](NC(=O)c1cccn1Cc1ccc(Cl)cc1)C1=CCC(C(=O)O)C=C1. The number of halogens is 1. The van der Waals surface area contributed by atoms with E-state index in [-0.39, 0.29) is 11.9 Å². The van der Waals surface area contributed by atoms with Crippen molar-refractivity contribution >= 4 is 23.5 Å². The van der Waals surface area contributed by atoms with Crippen LogP contribution in [-0.2, 0) is 11.3 Å². The van der Waals surface area contributed by atoms with Gasteiger partial charge in [0.25, 0.3) is 5.91 Å². The van der Waals surface area contributed by atoms with E-state index < -0.39 is 11.9 Å². The van der Waals surface area contributed by atoms with E-state index in [4.69, 9.17) is 16.7 Å². The standard InChI is InChI=1S/C21H21ClN2O3/c1-14(16-6-8-17(9-7-16)21(26)27)23-20(25)19-3-2-12-24(19)13-15-4-10-18(22)11-5-15/h2-8,10-12,14,17H,9,13H2,1H3,(H,23,25)(H,26,27)/t14-,17?/m0/s1. The number of carbonyl (C=O) groups is 2. The van der Waals surface area contributed by atoms with E-state index in [0.717, 1.165) is 11.1 Å². The Hall–Kier alpha value is -2.79. The lowest BCUT2D eigenvalue weighted by molar-refractivity contribution is -0.139. The molecular formula is C21H21ClN2O3. The van der Waals surface area contributed by atoms with Crippen LogP contribution in [0.1, 0.15) is 29.4 Å². The summed E-state index contributed by atoms with van der Waals surface area (Å²) in [7, 11) is 0. The number of aliphatic carboxylic acids is 1. The average molecular weight is 385 g/mol. The van der Waals surface area contributed by atoms with E-state index in [0.29, 0.717) is 23.7 Å². The highest BCUT2D eigenvalue weighted by atomic mass is 35.5. The first-order valence-corrected chi connectivity index (χ1v) is 9.13. The molecule has 2 atom stereocenters. The number of hydrogen-bond acceptors (Lipinski definition) is 2. The zero-order valence-corrected chi connectivity index (χ0v) is 15.7. The molecule has 1 aliphatic rings. The Morgan fingerprint density at radius 3 is 2.67 bits per heavy atom. The van der Waals surface area contributed by atoms with Crippen LogP contribution in [0.4, 0.5) is 0 Å². The fraction of sp³-hybridized carbons (Fsp3) is 0.238. The number of amides is 1. The second-order valence-electron chi connectivity index (χ2n) is 6.59. The maximum atomic E-state index is 12.7. The maximum absolute atomic E-state index is 12.7. The quantitative estimate of drug-likeness (QED) is 0.793. The van der Waals surface area contributed by atoms with Gasteiger partial charge in [0.1, 0.15) is 5.69 Å². The number of allylic oxidation sites excluding steroid dienone is 1. The van der Waals surface area contributed by atoms with Gasteiger partial charge in [-0.05, 0) is 48.7 Å². The van der Waals surface area contributed by atoms with Crippen LogP contribution in [-0.4, -0.2) is 27.6 Å². The normalized spacial score (nSPS) is 17.3. The number of benzene rings is 1. The van der Waals surface area contributed by atoms with Gasteiger partial charge in [-0.2, -0.15) is 0 Å². The molecule has 1 aliphatic carbocycles. The molecule has 0 fully saturated rings. The molecule has 2 aromatic rings. The Labute approximate surface area is 163 Å². The van der Waals surface area contributed by atoms with Gasteiger partial charge in [0, 0.05) is 17.8 Å². The third kappa shape index (κ3) is 4.68. The maximum Gasteiger partial charge on any atom is 0.310 e. The molecule has 3 rings (SSSR count). The Bertz CT molecular complexity index is 896. The predicted molar refractivity (Wildman–Crippen MR) is 105 cm³/mol. The molecule has 1 amide bonds. The second kappa shape index (κ2) is 8.27. The van der Waals surface area contributed by atoms with Crippen LogP contribution in [0.5, 0.6) is 0 Å². The Kier molecular flexibility index (Phi) is 5.81. The molecule has 0 bridgehead atoms. The highest BCUT2D eigenvalue weighted by Crippen LogP contribution is 2.19. The first kappa shape index (κ1) is 19.0. The summed E-state index contributed by atoms with van der Waals surface area (Å²) in [5.41, 5.74) is 2.53. The minimum Gasteiger partial charge on any atom is -0.481 e. The predicted octanol–water partition coefficient (Wildman–Crippen LogP) is 3.90. The van der Waals surface area contributed by atoms with Crippen molar-refractivity contribution in [2.45, 2.75) is 25.9 Å². The summed E-state index contributed by atoms with van der Waals surface area (Å²) in [6.45, 7) is 2.46. The largest absolute Gasteiger partial charge is 0.481 e. The molecule has 27 heavy (non-hydrogen) atoms. The van der Waals surface area contributed by atoms with Crippen molar-refractivity contribution in [2.24, 2.45) is 5.92 Å². The summed E-state index contributed by atoms with van der Waals surface area (Å²) < 4.78 is 1.89. The topological polar surface area (TPSA) is 71.3 Å². The van der Waals surface area contributed by atoms with Crippen LogP contribution in [0.2, 0.25) is 5.02 Å². The summed E-state index contributed by atoms with van der Waals surface area (Å²) in [6, 6.07) is 10.9. The zero-order valence-electron chi connectivity index (χ0n) is 14.9. The first-order chi connectivity index (χ1) is 12.9. The lowest BCUT2D eigenvalue weighted by Gasteiger charge is -2.20. The number of carboxylic acid groups (broad SMARTS) is 1. The minimum absolute atomic E-state index is 0.170. The monoisotopic (exact) mass is 384 g/mol. The van der Waals surface area contributed by atoms with Crippen LogP contribution in [0.25, 0.3) is 0 Å². The van der Waals surface area contributed by atoms with Gasteiger partial charge in [-0.3, -0.25) is 9.59 Å². The summed E-state index contributed by atoms with van der Waals surface area (Å²) in [4.78, 5) is 23.7. The molecule has 0 radical (unpaired) electrons. The van der Waals surface area contributed by atoms with Crippen molar-refractivity contribution in [1.82, 2.24) is 9.88 Å². The lowest BCUT2D eigenvalue weighted by atomic mass is 9.94. The number of hydrogen-bond donors (Lipinski definition) is 2. The van der Waals surface area contributed by atoms with Crippen LogP contribution in [0.3, 0.4) is 0 Å². The van der Waals surface area contributed by atoms with Gasteiger partial charge >= 0.3 is 5.97 Å². The van der Waals surface area contributed by atoms with E-state index in [1.807, 2.05) is 54.1 Å². The Morgan fingerprint density at radius 2 is 2.04 bits per heavy atom. The molecule has 140 valence electrons. The van der Waals surface area contributed by atoms with Gasteiger partial charge in [-0.25, -0.2) is 0 Å². The molecule has 0 saturated heterocycles. The number of rotatable bonds is 6. The summed E-state index contributed by atoms with van der Waals surface area (Å²) in [5.74, 6) is -1.50. The summed E-state index contributed by atoms with van der Waals surface area (Å²) in [6.07, 6.45) is 7.62.